The van der Waals surface area contributed by atoms with E-state index in [0.29, 0.717) is 0 Å². The fourth-order valence-electron chi connectivity index (χ4n) is 2.33. The van der Waals surface area contributed by atoms with Gasteiger partial charge in [-0.1, -0.05) is 26.7 Å². The topological polar surface area (TPSA) is 49.4 Å². The predicted octanol–water partition coefficient (Wildman–Crippen LogP) is 1.16. The number of carbonyl (C=O) groups is 2. The van der Waals surface area contributed by atoms with Crippen molar-refractivity contribution < 1.29 is 9.59 Å². The van der Waals surface area contributed by atoms with Crippen molar-refractivity contribution in [1.82, 2.24) is 10.2 Å². The molecular weight excluding hydrogens is 216 g/mol. The second-order valence-corrected chi connectivity index (χ2v) is 5.67. The second kappa shape index (κ2) is 4.67. The molecule has 2 amide bonds. The summed E-state index contributed by atoms with van der Waals surface area (Å²) in [5.74, 6) is 1.02. The van der Waals surface area contributed by atoms with E-state index in [1.165, 1.54) is 12.8 Å². The minimum atomic E-state index is -0.335. The van der Waals surface area contributed by atoms with Gasteiger partial charge < -0.3 is 10.2 Å². The maximum atomic E-state index is 12.3. The Balaban J connectivity index is 2.03. The van der Waals surface area contributed by atoms with Crippen LogP contribution < -0.4 is 5.32 Å². The Morgan fingerprint density at radius 2 is 2.00 bits per heavy atom. The Kier molecular flexibility index (Phi) is 3.40. The summed E-state index contributed by atoms with van der Waals surface area (Å²) in [6, 6.07) is -0.644. The normalized spacial score (nSPS) is 29.8. The van der Waals surface area contributed by atoms with Gasteiger partial charge in [0, 0.05) is 6.54 Å². The molecule has 1 aliphatic heterocycles. The Morgan fingerprint density at radius 1 is 1.35 bits per heavy atom. The molecule has 2 aliphatic rings. The van der Waals surface area contributed by atoms with Gasteiger partial charge in [0.1, 0.15) is 12.1 Å². The van der Waals surface area contributed by atoms with Crippen LogP contribution in [0.3, 0.4) is 0 Å². The highest BCUT2D eigenvalue weighted by atomic mass is 16.2. The number of rotatable bonds is 4. The van der Waals surface area contributed by atoms with E-state index in [1.807, 2.05) is 20.8 Å². The maximum Gasteiger partial charge on any atom is 0.246 e. The zero-order chi connectivity index (χ0) is 12.6. The number of nitrogens with one attached hydrogen (secondary N) is 1. The summed E-state index contributed by atoms with van der Waals surface area (Å²) in [6.07, 6.45) is 3.63. The van der Waals surface area contributed by atoms with Gasteiger partial charge in [-0.15, -0.1) is 0 Å². The largest absolute Gasteiger partial charge is 0.342 e. The van der Waals surface area contributed by atoms with Crippen LogP contribution in [0.15, 0.2) is 0 Å². The van der Waals surface area contributed by atoms with Crippen LogP contribution in [-0.2, 0) is 9.59 Å². The quantitative estimate of drug-likeness (QED) is 0.799. The molecule has 0 aromatic heterocycles. The average molecular weight is 238 g/mol. The molecule has 4 heteroatoms. The lowest BCUT2D eigenvalue weighted by atomic mass is 9.98. The number of nitrogens with zero attached hydrogens (tertiary/aromatic N) is 1. The molecule has 2 fully saturated rings. The highest BCUT2D eigenvalue weighted by Gasteiger charge is 2.39. The highest BCUT2D eigenvalue weighted by Crippen LogP contribution is 2.33. The van der Waals surface area contributed by atoms with Crippen molar-refractivity contribution in [3.05, 3.63) is 0 Å². The predicted molar refractivity (Wildman–Crippen MR) is 65.3 cm³/mol. The molecule has 1 heterocycles. The fraction of sp³-hybridized carbons (Fsp3) is 0.846. The third-order valence-electron chi connectivity index (χ3n) is 3.84. The van der Waals surface area contributed by atoms with Gasteiger partial charge in [0.15, 0.2) is 0 Å². The zero-order valence-electron chi connectivity index (χ0n) is 10.9. The second-order valence-electron chi connectivity index (χ2n) is 5.67. The number of amides is 2. The maximum absolute atomic E-state index is 12.3. The SMILES string of the molecule is CC(C)C1NC(=O)C(C)N(CCC2CC2)C1=O. The third kappa shape index (κ3) is 2.61. The Morgan fingerprint density at radius 3 is 2.53 bits per heavy atom. The van der Waals surface area contributed by atoms with E-state index in [0.717, 1.165) is 18.9 Å². The van der Waals surface area contributed by atoms with Crippen molar-refractivity contribution in [2.24, 2.45) is 11.8 Å². The van der Waals surface area contributed by atoms with E-state index in [9.17, 15) is 9.59 Å². The zero-order valence-corrected chi connectivity index (χ0v) is 10.9. The van der Waals surface area contributed by atoms with Crippen molar-refractivity contribution in [1.29, 1.82) is 0 Å². The summed E-state index contributed by atoms with van der Waals surface area (Å²) in [4.78, 5) is 25.9. The average Bonchev–Trinajstić information content (AvgIpc) is 3.06. The first-order chi connectivity index (χ1) is 8.00. The van der Waals surface area contributed by atoms with Crippen LogP contribution >= 0.6 is 0 Å². The molecule has 4 nitrogen and oxygen atoms in total. The molecule has 0 radical (unpaired) electrons. The molecule has 1 aliphatic carbocycles. The monoisotopic (exact) mass is 238 g/mol. The van der Waals surface area contributed by atoms with Crippen molar-refractivity contribution in [2.75, 3.05) is 6.54 Å². The van der Waals surface area contributed by atoms with Crippen molar-refractivity contribution in [3.63, 3.8) is 0 Å². The molecule has 0 aromatic rings. The summed E-state index contributed by atoms with van der Waals surface area (Å²) in [6.45, 7) is 6.49. The van der Waals surface area contributed by atoms with Crippen LogP contribution in [-0.4, -0.2) is 35.3 Å². The summed E-state index contributed by atoms with van der Waals surface area (Å²) in [5, 5.41) is 2.82. The Labute approximate surface area is 103 Å². The molecule has 1 saturated carbocycles. The molecule has 17 heavy (non-hydrogen) atoms. The van der Waals surface area contributed by atoms with E-state index in [-0.39, 0.29) is 29.8 Å². The Bertz CT molecular complexity index is 323. The first-order valence-corrected chi connectivity index (χ1v) is 6.61. The summed E-state index contributed by atoms with van der Waals surface area (Å²) < 4.78 is 0. The van der Waals surface area contributed by atoms with Crippen LogP contribution in [0, 0.1) is 11.8 Å². The number of hydrogen-bond donors (Lipinski definition) is 1. The summed E-state index contributed by atoms with van der Waals surface area (Å²) >= 11 is 0. The lowest BCUT2D eigenvalue weighted by Gasteiger charge is -2.38. The standard InChI is InChI=1S/C13H22N2O2/c1-8(2)11-13(17)15(7-6-10-4-5-10)9(3)12(16)14-11/h8-11H,4-7H2,1-3H3,(H,14,16). The van der Waals surface area contributed by atoms with Gasteiger partial charge in [0.2, 0.25) is 11.8 Å². The molecule has 0 spiro atoms. The van der Waals surface area contributed by atoms with Crippen LogP contribution in [0.5, 0.6) is 0 Å². The van der Waals surface area contributed by atoms with E-state index < -0.39 is 0 Å². The van der Waals surface area contributed by atoms with Crippen molar-refractivity contribution in [2.45, 2.75) is 52.1 Å². The number of hydrogen-bond acceptors (Lipinski definition) is 2. The van der Waals surface area contributed by atoms with Gasteiger partial charge in [-0.3, -0.25) is 9.59 Å². The molecule has 2 unspecified atom stereocenters. The number of carbonyl (C=O) groups excluding carboxylic acids is 2. The highest BCUT2D eigenvalue weighted by molar-refractivity contribution is 5.96. The minimum Gasteiger partial charge on any atom is -0.342 e. The Hall–Kier alpha value is -1.06. The first-order valence-electron chi connectivity index (χ1n) is 6.61. The van der Waals surface area contributed by atoms with Gasteiger partial charge >= 0.3 is 0 Å². The third-order valence-corrected chi connectivity index (χ3v) is 3.84. The van der Waals surface area contributed by atoms with Gasteiger partial charge in [0.05, 0.1) is 0 Å². The number of piperazine rings is 1. The van der Waals surface area contributed by atoms with Crippen molar-refractivity contribution in [3.8, 4) is 0 Å². The molecule has 2 atom stereocenters. The van der Waals surface area contributed by atoms with Crippen LogP contribution in [0.4, 0.5) is 0 Å². The van der Waals surface area contributed by atoms with Gasteiger partial charge in [0.25, 0.3) is 0 Å². The van der Waals surface area contributed by atoms with Crippen LogP contribution in [0.25, 0.3) is 0 Å². The van der Waals surface area contributed by atoms with E-state index in [2.05, 4.69) is 5.32 Å². The van der Waals surface area contributed by atoms with Gasteiger partial charge in [-0.2, -0.15) is 0 Å². The first kappa shape index (κ1) is 12.4. The molecule has 0 bridgehead atoms. The van der Waals surface area contributed by atoms with Crippen LogP contribution in [0.2, 0.25) is 0 Å². The minimum absolute atomic E-state index is 0.0147. The van der Waals surface area contributed by atoms with Gasteiger partial charge in [-0.05, 0) is 25.2 Å². The molecule has 0 aromatic carbocycles. The molecule has 2 rings (SSSR count). The smallest absolute Gasteiger partial charge is 0.246 e. The molecule has 1 saturated heterocycles. The van der Waals surface area contributed by atoms with E-state index in [4.69, 9.17) is 0 Å². The fourth-order valence-corrected chi connectivity index (χ4v) is 2.33. The van der Waals surface area contributed by atoms with Crippen molar-refractivity contribution >= 4 is 11.8 Å². The summed E-state index contributed by atoms with van der Waals surface area (Å²) in [5.41, 5.74) is 0. The van der Waals surface area contributed by atoms with Crippen LogP contribution in [0.1, 0.15) is 40.0 Å². The lowest BCUT2D eigenvalue weighted by Crippen LogP contribution is -2.63. The molecule has 1 N–H and O–H groups in total. The summed E-state index contributed by atoms with van der Waals surface area (Å²) in [7, 11) is 0. The van der Waals surface area contributed by atoms with E-state index >= 15 is 0 Å². The van der Waals surface area contributed by atoms with E-state index in [1.54, 1.807) is 4.90 Å². The lowest BCUT2D eigenvalue weighted by molar-refractivity contribution is -0.150. The van der Waals surface area contributed by atoms with Gasteiger partial charge in [-0.25, -0.2) is 0 Å². The molecule has 96 valence electrons. The molecular formula is C13H22N2O2.